The minimum atomic E-state index is -3.90. The molecule has 4 rings (SSSR count). The third kappa shape index (κ3) is 7.60. The SMILES string of the molecule is CCCc1c(C=O)c(CC)c(C(=O)OC)n1Nc1cc(S(=O)(=O)N2CCN(CCOC(=O)c3ccccc3)CC2)ccc1OCC. The van der Waals surface area contributed by atoms with Crippen molar-refractivity contribution in [3.05, 3.63) is 76.6 Å². The van der Waals surface area contributed by atoms with Gasteiger partial charge in [0.25, 0.3) is 0 Å². The predicted octanol–water partition coefficient (Wildman–Crippen LogP) is 4.04. The van der Waals surface area contributed by atoms with Gasteiger partial charge in [-0.3, -0.25) is 19.8 Å². The van der Waals surface area contributed by atoms with Gasteiger partial charge in [0.1, 0.15) is 12.4 Å². The molecule has 1 aliphatic heterocycles. The number of hydrogen-bond acceptors (Lipinski definition) is 10. The molecule has 248 valence electrons. The van der Waals surface area contributed by atoms with Crippen LogP contribution in [-0.4, -0.2) is 93.6 Å². The molecular formula is C33H42N4O8S. The maximum Gasteiger partial charge on any atom is 0.356 e. The Morgan fingerprint density at radius 1 is 0.978 bits per heavy atom. The van der Waals surface area contributed by atoms with Crippen molar-refractivity contribution in [3.8, 4) is 5.75 Å². The van der Waals surface area contributed by atoms with E-state index in [4.69, 9.17) is 14.2 Å². The third-order valence-electron chi connectivity index (χ3n) is 7.85. The molecule has 2 heterocycles. The zero-order valence-electron chi connectivity index (χ0n) is 26.8. The van der Waals surface area contributed by atoms with Gasteiger partial charge in [0.2, 0.25) is 10.0 Å². The summed E-state index contributed by atoms with van der Waals surface area (Å²) in [6.07, 6.45) is 2.34. The highest BCUT2D eigenvalue weighted by molar-refractivity contribution is 7.89. The summed E-state index contributed by atoms with van der Waals surface area (Å²) in [4.78, 5) is 39.5. The molecule has 1 aromatic heterocycles. The number of aldehydes is 1. The number of carbonyl (C=O) groups is 3. The van der Waals surface area contributed by atoms with Crippen LogP contribution in [0.1, 0.15) is 69.7 Å². The average Bonchev–Trinajstić information content (AvgIpc) is 3.37. The van der Waals surface area contributed by atoms with E-state index in [9.17, 15) is 22.8 Å². The molecule has 1 saturated heterocycles. The Hall–Kier alpha value is -4.20. The second-order valence-electron chi connectivity index (χ2n) is 10.7. The Morgan fingerprint density at radius 2 is 1.70 bits per heavy atom. The molecule has 0 spiro atoms. The first-order valence-corrected chi connectivity index (χ1v) is 16.9. The highest BCUT2D eigenvalue weighted by Crippen LogP contribution is 2.32. The Balaban J connectivity index is 1.54. The molecule has 13 heteroatoms. The topological polar surface area (TPSA) is 136 Å². The zero-order chi connectivity index (χ0) is 33.3. The number of hydrogen-bond donors (Lipinski definition) is 1. The summed E-state index contributed by atoms with van der Waals surface area (Å²) in [6, 6.07) is 13.3. The van der Waals surface area contributed by atoms with E-state index in [-0.39, 0.29) is 30.3 Å². The maximum absolute atomic E-state index is 13.8. The van der Waals surface area contributed by atoms with Gasteiger partial charge in [0.15, 0.2) is 12.0 Å². The van der Waals surface area contributed by atoms with Crippen LogP contribution in [0.25, 0.3) is 0 Å². The van der Waals surface area contributed by atoms with Crippen molar-refractivity contribution in [2.75, 3.05) is 58.5 Å². The highest BCUT2D eigenvalue weighted by atomic mass is 32.2. The van der Waals surface area contributed by atoms with E-state index in [2.05, 4.69) is 10.3 Å². The number of nitrogens with one attached hydrogen (secondary N) is 1. The molecule has 2 aromatic carbocycles. The van der Waals surface area contributed by atoms with Gasteiger partial charge in [0.05, 0.1) is 35.6 Å². The smallest absolute Gasteiger partial charge is 0.356 e. The first-order valence-electron chi connectivity index (χ1n) is 15.5. The summed E-state index contributed by atoms with van der Waals surface area (Å²) < 4.78 is 46.9. The molecule has 0 saturated carbocycles. The largest absolute Gasteiger partial charge is 0.492 e. The summed E-state index contributed by atoms with van der Waals surface area (Å²) in [5.41, 5.74) is 5.72. The lowest BCUT2D eigenvalue weighted by Crippen LogP contribution is -2.49. The van der Waals surface area contributed by atoms with Crippen LogP contribution in [0.3, 0.4) is 0 Å². The lowest BCUT2D eigenvalue weighted by atomic mass is 10.1. The van der Waals surface area contributed by atoms with Crippen molar-refractivity contribution in [1.82, 2.24) is 13.9 Å². The third-order valence-corrected chi connectivity index (χ3v) is 9.75. The number of sulfonamides is 1. The Labute approximate surface area is 270 Å². The number of nitrogens with zero attached hydrogens (tertiary/aromatic N) is 3. The van der Waals surface area contributed by atoms with E-state index in [1.54, 1.807) is 30.3 Å². The maximum atomic E-state index is 13.8. The van der Waals surface area contributed by atoms with Crippen LogP contribution in [0.5, 0.6) is 5.75 Å². The monoisotopic (exact) mass is 654 g/mol. The van der Waals surface area contributed by atoms with Crippen molar-refractivity contribution in [3.63, 3.8) is 0 Å². The van der Waals surface area contributed by atoms with Gasteiger partial charge >= 0.3 is 11.9 Å². The second-order valence-corrected chi connectivity index (χ2v) is 12.6. The number of ether oxygens (including phenoxy) is 3. The number of rotatable bonds is 15. The van der Waals surface area contributed by atoms with Crippen LogP contribution in [0, 0.1) is 0 Å². The van der Waals surface area contributed by atoms with Crippen molar-refractivity contribution < 1.29 is 37.0 Å². The van der Waals surface area contributed by atoms with E-state index >= 15 is 0 Å². The number of carbonyl (C=O) groups excluding carboxylic acids is 3. The minimum Gasteiger partial charge on any atom is -0.492 e. The Morgan fingerprint density at radius 3 is 2.30 bits per heavy atom. The lowest BCUT2D eigenvalue weighted by Gasteiger charge is -2.33. The van der Waals surface area contributed by atoms with Gasteiger partial charge in [-0.05, 0) is 55.7 Å². The first kappa shape index (κ1) is 34.7. The predicted molar refractivity (Wildman–Crippen MR) is 173 cm³/mol. The Bertz CT molecular complexity index is 1630. The Kier molecular flexibility index (Phi) is 12.0. The van der Waals surface area contributed by atoms with Crippen LogP contribution in [0.15, 0.2) is 53.4 Å². The number of benzene rings is 2. The first-order chi connectivity index (χ1) is 22.2. The molecule has 1 N–H and O–H groups in total. The van der Waals surface area contributed by atoms with Crippen molar-refractivity contribution in [2.45, 2.75) is 44.9 Å². The van der Waals surface area contributed by atoms with Crippen LogP contribution < -0.4 is 10.2 Å². The molecule has 12 nitrogen and oxygen atoms in total. The minimum absolute atomic E-state index is 0.0545. The number of aromatic nitrogens is 1. The summed E-state index contributed by atoms with van der Waals surface area (Å²) in [5.74, 6) is -0.631. The van der Waals surface area contributed by atoms with Crippen molar-refractivity contribution >= 4 is 33.9 Å². The van der Waals surface area contributed by atoms with Crippen LogP contribution >= 0.6 is 0 Å². The van der Waals surface area contributed by atoms with Gasteiger partial charge in [-0.15, -0.1) is 0 Å². The molecule has 0 radical (unpaired) electrons. The molecule has 1 fully saturated rings. The molecule has 0 bridgehead atoms. The number of esters is 2. The van der Waals surface area contributed by atoms with E-state index in [1.807, 2.05) is 26.8 Å². The molecule has 0 aliphatic carbocycles. The number of piperazine rings is 1. The van der Waals surface area contributed by atoms with E-state index < -0.39 is 22.0 Å². The highest BCUT2D eigenvalue weighted by Gasteiger charge is 2.31. The fraction of sp³-hybridized carbons (Fsp3) is 0.424. The summed E-state index contributed by atoms with van der Waals surface area (Å²) in [6.45, 7) is 8.12. The molecule has 46 heavy (non-hydrogen) atoms. The molecule has 1 aliphatic rings. The fourth-order valence-electron chi connectivity index (χ4n) is 5.53. The van der Waals surface area contributed by atoms with E-state index in [0.29, 0.717) is 79.3 Å². The van der Waals surface area contributed by atoms with Gasteiger partial charge in [0, 0.05) is 38.3 Å². The summed E-state index contributed by atoms with van der Waals surface area (Å²) >= 11 is 0. The normalized spacial score (nSPS) is 14.1. The van der Waals surface area contributed by atoms with Crippen LogP contribution in [0.4, 0.5) is 5.69 Å². The number of anilines is 1. The van der Waals surface area contributed by atoms with Gasteiger partial charge < -0.3 is 14.2 Å². The average molecular weight is 655 g/mol. The van der Waals surface area contributed by atoms with Crippen LogP contribution in [0.2, 0.25) is 0 Å². The lowest BCUT2D eigenvalue weighted by molar-refractivity contribution is 0.0444. The van der Waals surface area contributed by atoms with E-state index in [1.165, 1.54) is 28.2 Å². The molecule has 0 amide bonds. The van der Waals surface area contributed by atoms with Gasteiger partial charge in [-0.1, -0.05) is 38.5 Å². The standard InChI is InChI=1S/C33H42N4O8S/c1-5-11-29-27(23-38)26(6-2)31(33(40)43-4)37(29)34-28-22-25(14-15-30(28)44-7-3)46(41,42)36-18-16-35(17-19-36)20-21-45-32(39)24-12-9-8-10-13-24/h8-10,12-15,22-23,34H,5-7,11,16-21H2,1-4H3. The van der Waals surface area contributed by atoms with Crippen molar-refractivity contribution in [1.29, 1.82) is 0 Å². The molecule has 0 atom stereocenters. The quantitative estimate of drug-likeness (QED) is 0.189. The fourth-order valence-corrected chi connectivity index (χ4v) is 6.98. The van der Waals surface area contributed by atoms with Gasteiger partial charge in [-0.25, -0.2) is 18.0 Å². The second kappa shape index (κ2) is 15.9. The molecular weight excluding hydrogens is 612 g/mol. The molecule has 3 aromatic rings. The van der Waals surface area contributed by atoms with Crippen LogP contribution in [-0.2, 0) is 32.3 Å². The van der Waals surface area contributed by atoms with Crippen molar-refractivity contribution in [2.24, 2.45) is 0 Å². The summed E-state index contributed by atoms with van der Waals surface area (Å²) in [5, 5.41) is 0. The van der Waals surface area contributed by atoms with E-state index in [0.717, 1.165) is 6.29 Å². The van der Waals surface area contributed by atoms with Gasteiger partial charge in [-0.2, -0.15) is 4.31 Å². The zero-order valence-corrected chi connectivity index (χ0v) is 27.6. The number of methoxy groups -OCH3 is 1. The molecule has 0 unspecified atom stereocenters. The summed E-state index contributed by atoms with van der Waals surface area (Å²) in [7, 11) is -2.62.